The number of hydrogen-bond acceptors (Lipinski definition) is 3. The van der Waals surface area contributed by atoms with Gasteiger partial charge < -0.3 is 14.5 Å². The maximum atomic E-state index is 5.45. The number of furan rings is 1. The Hall–Kier alpha value is -1.58. The molecule has 3 nitrogen and oxygen atoms in total. The van der Waals surface area contributed by atoms with Crippen LogP contribution < -0.4 is 5.32 Å². The number of fused-ring (bicyclic) bond motifs is 1. The fraction of sp³-hybridized carbons (Fsp3) is 0.333. The molecule has 1 aromatic heterocycles. The average molecular weight is 243 g/mol. The molecule has 94 valence electrons. The highest BCUT2D eigenvalue weighted by Crippen LogP contribution is 2.25. The predicted octanol–water partition coefficient (Wildman–Crippen LogP) is 2.81. The molecule has 2 heterocycles. The third-order valence-corrected chi connectivity index (χ3v) is 3.48. The monoisotopic (exact) mass is 243 g/mol. The molecule has 1 aliphatic rings. The van der Waals surface area contributed by atoms with Crippen molar-refractivity contribution in [3.63, 3.8) is 0 Å². The van der Waals surface area contributed by atoms with Crippen molar-refractivity contribution >= 4 is 0 Å². The van der Waals surface area contributed by atoms with E-state index in [1.54, 1.807) is 6.26 Å². The van der Waals surface area contributed by atoms with E-state index in [0.717, 1.165) is 25.4 Å². The Kier molecular flexibility index (Phi) is 3.17. The quantitative estimate of drug-likeness (QED) is 0.896. The van der Waals surface area contributed by atoms with Crippen molar-refractivity contribution in [3.05, 3.63) is 59.0 Å². The second-order valence-electron chi connectivity index (χ2n) is 4.65. The molecule has 1 aromatic carbocycles. The van der Waals surface area contributed by atoms with E-state index in [2.05, 4.69) is 23.5 Å². The molecule has 0 aliphatic carbocycles. The van der Waals surface area contributed by atoms with Crippen LogP contribution in [0.1, 0.15) is 28.5 Å². The fourth-order valence-corrected chi connectivity index (χ4v) is 2.43. The van der Waals surface area contributed by atoms with Crippen LogP contribution in [0.2, 0.25) is 0 Å². The highest BCUT2D eigenvalue weighted by Gasteiger charge is 2.16. The van der Waals surface area contributed by atoms with Crippen LogP contribution in [0.4, 0.5) is 0 Å². The van der Waals surface area contributed by atoms with E-state index in [-0.39, 0.29) is 6.04 Å². The summed E-state index contributed by atoms with van der Waals surface area (Å²) < 4.78 is 10.9. The molecule has 2 aromatic rings. The van der Waals surface area contributed by atoms with Gasteiger partial charge in [-0.1, -0.05) is 18.2 Å². The Bertz CT molecular complexity index is 519. The zero-order chi connectivity index (χ0) is 12.4. The SMILES string of the molecule is CNC(Cc1ccco1)c1ccc2c(c1)COC2. The normalized spacial score (nSPS) is 15.6. The molecule has 1 atom stereocenters. The number of benzene rings is 1. The van der Waals surface area contributed by atoms with E-state index in [9.17, 15) is 0 Å². The standard InChI is InChI=1S/C15H17NO2/c1-16-15(8-14-3-2-6-18-14)11-4-5-12-9-17-10-13(12)7-11/h2-7,15-16H,8-10H2,1H3. The van der Waals surface area contributed by atoms with Gasteiger partial charge in [0.15, 0.2) is 0 Å². The first-order chi connectivity index (χ1) is 8.86. The summed E-state index contributed by atoms with van der Waals surface area (Å²) in [5.41, 5.74) is 3.91. The van der Waals surface area contributed by atoms with Crippen LogP contribution in [0, 0.1) is 0 Å². The van der Waals surface area contributed by atoms with Crippen molar-refractivity contribution in [2.24, 2.45) is 0 Å². The zero-order valence-corrected chi connectivity index (χ0v) is 10.5. The smallest absolute Gasteiger partial charge is 0.105 e. The lowest BCUT2D eigenvalue weighted by Crippen LogP contribution is -2.18. The van der Waals surface area contributed by atoms with Crippen LogP contribution in [-0.4, -0.2) is 7.05 Å². The average Bonchev–Trinajstić information content (AvgIpc) is 3.06. The van der Waals surface area contributed by atoms with Crippen LogP contribution in [0.3, 0.4) is 0 Å². The highest BCUT2D eigenvalue weighted by atomic mass is 16.5. The molecule has 3 rings (SSSR count). The van der Waals surface area contributed by atoms with Gasteiger partial charge in [-0.15, -0.1) is 0 Å². The summed E-state index contributed by atoms with van der Waals surface area (Å²) in [5.74, 6) is 1.01. The van der Waals surface area contributed by atoms with Gasteiger partial charge in [0.2, 0.25) is 0 Å². The van der Waals surface area contributed by atoms with Crippen LogP contribution in [0.15, 0.2) is 41.0 Å². The number of nitrogens with one attached hydrogen (secondary N) is 1. The minimum atomic E-state index is 0.280. The largest absolute Gasteiger partial charge is 0.469 e. The summed E-state index contributed by atoms with van der Waals surface area (Å²) in [7, 11) is 1.98. The van der Waals surface area contributed by atoms with Crippen LogP contribution in [0.5, 0.6) is 0 Å². The maximum Gasteiger partial charge on any atom is 0.105 e. The lowest BCUT2D eigenvalue weighted by molar-refractivity contribution is 0.134. The lowest BCUT2D eigenvalue weighted by Gasteiger charge is -2.16. The molecular formula is C15H17NO2. The Labute approximate surface area is 107 Å². The Morgan fingerprint density at radius 1 is 1.22 bits per heavy atom. The first-order valence-electron chi connectivity index (χ1n) is 6.26. The van der Waals surface area contributed by atoms with Gasteiger partial charge in [0.25, 0.3) is 0 Å². The molecule has 0 amide bonds. The molecule has 1 N–H and O–H groups in total. The third kappa shape index (κ3) is 2.19. The van der Waals surface area contributed by atoms with Gasteiger partial charge in [-0.2, -0.15) is 0 Å². The van der Waals surface area contributed by atoms with Gasteiger partial charge in [0.05, 0.1) is 19.5 Å². The van der Waals surface area contributed by atoms with E-state index < -0.39 is 0 Å². The molecule has 0 radical (unpaired) electrons. The second-order valence-corrected chi connectivity index (χ2v) is 4.65. The van der Waals surface area contributed by atoms with Crippen molar-refractivity contribution in [2.45, 2.75) is 25.7 Å². The van der Waals surface area contributed by atoms with Gasteiger partial charge in [-0.3, -0.25) is 0 Å². The molecule has 0 fully saturated rings. The number of rotatable bonds is 4. The molecule has 18 heavy (non-hydrogen) atoms. The first kappa shape index (κ1) is 11.5. The molecular weight excluding hydrogens is 226 g/mol. The Morgan fingerprint density at radius 2 is 2.11 bits per heavy atom. The van der Waals surface area contributed by atoms with Crippen LogP contribution in [0.25, 0.3) is 0 Å². The summed E-state index contributed by atoms with van der Waals surface area (Å²) in [6.07, 6.45) is 2.59. The van der Waals surface area contributed by atoms with E-state index in [4.69, 9.17) is 9.15 Å². The molecule has 0 spiro atoms. The first-order valence-corrected chi connectivity index (χ1v) is 6.26. The molecule has 1 aliphatic heterocycles. The highest BCUT2D eigenvalue weighted by molar-refractivity contribution is 5.35. The molecule has 0 saturated carbocycles. The number of likely N-dealkylation sites (N-methyl/N-ethyl adjacent to an activating group) is 1. The fourth-order valence-electron chi connectivity index (χ4n) is 2.43. The minimum absolute atomic E-state index is 0.280. The van der Waals surface area contributed by atoms with Crippen molar-refractivity contribution in [1.29, 1.82) is 0 Å². The lowest BCUT2D eigenvalue weighted by atomic mass is 9.98. The van der Waals surface area contributed by atoms with Gasteiger partial charge in [0.1, 0.15) is 5.76 Å². The van der Waals surface area contributed by atoms with Gasteiger partial charge >= 0.3 is 0 Å². The topological polar surface area (TPSA) is 34.4 Å². The van der Waals surface area contributed by atoms with Crippen LogP contribution >= 0.6 is 0 Å². The number of ether oxygens (including phenoxy) is 1. The summed E-state index contributed by atoms with van der Waals surface area (Å²) in [6, 6.07) is 10.8. The van der Waals surface area contributed by atoms with E-state index in [0.29, 0.717) is 0 Å². The molecule has 0 saturated heterocycles. The van der Waals surface area contributed by atoms with Crippen molar-refractivity contribution in [1.82, 2.24) is 5.32 Å². The van der Waals surface area contributed by atoms with Crippen LogP contribution in [-0.2, 0) is 24.4 Å². The van der Waals surface area contributed by atoms with Gasteiger partial charge in [-0.05, 0) is 35.9 Å². The number of hydrogen-bond donors (Lipinski definition) is 1. The van der Waals surface area contributed by atoms with Gasteiger partial charge in [0, 0.05) is 12.5 Å². The van der Waals surface area contributed by atoms with Gasteiger partial charge in [-0.25, -0.2) is 0 Å². The predicted molar refractivity (Wildman–Crippen MR) is 69.1 cm³/mol. The molecule has 1 unspecified atom stereocenters. The third-order valence-electron chi connectivity index (χ3n) is 3.48. The van der Waals surface area contributed by atoms with E-state index in [1.165, 1.54) is 16.7 Å². The molecule has 0 bridgehead atoms. The Balaban J connectivity index is 1.83. The van der Waals surface area contributed by atoms with E-state index >= 15 is 0 Å². The minimum Gasteiger partial charge on any atom is -0.469 e. The summed E-state index contributed by atoms with van der Waals surface area (Å²) in [5, 5.41) is 3.35. The second kappa shape index (κ2) is 4.96. The maximum absolute atomic E-state index is 5.45. The zero-order valence-electron chi connectivity index (χ0n) is 10.5. The summed E-state index contributed by atoms with van der Waals surface area (Å²) in [4.78, 5) is 0. The Morgan fingerprint density at radius 3 is 2.89 bits per heavy atom. The van der Waals surface area contributed by atoms with Crippen molar-refractivity contribution < 1.29 is 9.15 Å². The summed E-state index contributed by atoms with van der Waals surface area (Å²) >= 11 is 0. The summed E-state index contributed by atoms with van der Waals surface area (Å²) in [6.45, 7) is 1.48. The van der Waals surface area contributed by atoms with Crippen molar-refractivity contribution in [2.75, 3.05) is 7.05 Å². The van der Waals surface area contributed by atoms with Crippen molar-refractivity contribution in [3.8, 4) is 0 Å². The van der Waals surface area contributed by atoms with E-state index in [1.807, 2.05) is 19.2 Å². The molecule has 3 heteroatoms.